The summed E-state index contributed by atoms with van der Waals surface area (Å²) in [6.45, 7) is 0.527. The van der Waals surface area contributed by atoms with Crippen LogP contribution < -0.4 is 0 Å². The van der Waals surface area contributed by atoms with E-state index in [9.17, 15) is 0 Å². The maximum absolute atomic E-state index is 4.91. The minimum Gasteiger partial charge on any atom is -0.377 e. The lowest BCUT2D eigenvalue weighted by Gasteiger charge is -1.87. The van der Waals surface area contributed by atoms with Crippen LogP contribution in [0.5, 0.6) is 0 Å². The van der Waals surface area contributed by atoms with Crippen molar-refractivity contribution in [3.8, 4) is 0 Å². The molecule has 6 heteroatoms. The van der Waals surface area contributed by atoms with E-state index < -0.39 is 0 Å². The van der Waals surface area contributed by atoms with Crippen molar-refractivity contribution in [1.29, 1.82) is 0 Å². The van der Waals surface area contributed by atoms with Crippen molar-refractivity contribution in [3.05, 3.63) is 5.01 Å². The van der Waals surface area contributed by atoms with Gasteiger partial charge in [-0.3, -0.25) is 0 Å². The summed E-state index contributed by atoms with van der Waals surface area (Å²) in [4.78, 5) is 0. The van der Waals surface area contributed by atoms with Crippen LogP contribution in [-0.4, -0.2) is 28.4 Å². The van der Waals surface area contributed by atoms with Crippen molar-refractivity contribution < 1.29 is 4.74 Å². The topological polar surface area (TPSA) is 35.0 Å². The maximum Gasteiger partial charge on any atom is 0.174 e. The van der Waals surface area contributed by atoms with Gasteiger partial charge in [0.15, 0.2) is 4.34 Å². The molecule has 1 heterocycles. The van der Waals surface area contributed by atoms with Crippen molar-refractivity contribution >= 4 is 40.7 Å². The molecule has 0 aliphatic heterocycles. The lowest BCUT2D eigenvalue weighted by atomic mass is 10.8. The van der Waals surface area contributed by atoms with Crippen molar-refractivity contribution in [2.24, 2.45) is 0 Å². The number of aromatic nitrogens is 2. The molecule has 0 saturated heterocycles. The third-order valence-corrected chi connectivity index (χ3v) is 3.21. The predicted octanol–water partition coefficient (Wildman–Crippen LogP) is 1.65. The van der Waals surface area contributed by atoms with Gasteiger partial charge >= 0.3 is 0 Å². The molecular weight excluding hydrogens is 212 g/mol. The summed E-state index contributed by atoms with van der Waals surface area (Å²) in [6.07, 6.45) is 0. The van der Waals surface area contributed by atoms with Crippen LogP contribution in [0, 0.1) is 0 Å². The maximum atomic E-state index is 4.91. The second-order valence-corrected chi connectivity index (χ2v) is 4.40. The highest BCUT2D eigenvalue weighted by Gasteiger charge is 2.02. The lowest BCUT2D eigenvalue weighted by Crippen LogP contribution is -1.84. The fourth-order valence-corrected chi connectivity index (χ4v) is 2.27. The van der Waals surface area contributed by atoms with Gasteiger partial charge in [-0.25, -0.2) is 0 Å². The Labute approximate surface area is 84.5 Å². The van der Waals surface area contributed by atoms with Crippen molar-refractivity contribution in [3.63, 3.8) is 0 Å². The minimum absolute atomic E-state index is 0.527. The van der Waals surface area contributed by atoms with Gasteiger partial charge in [-0.2, -0.15) is 0 Å². The Hall–Kier alpha value is -0.0400. The molecule has 0 atom stereocenters. The first kappa shape index (κ1) is 10.0. The first-order valence-corrected chi connectivity index (χ1v) is 5.37. The van der Waals surface area contributed by atoms with Crippen LogP contribution >= 0.6 is 35.3 Å². The summed E-state index contributed by atoms with van der Waals surface area (Å²) in [5.41, 5.74) is 0. The zero-order valence-corrected chi connectivity index (χ0v) is 8.89. The van der Waals surface area contributed by atoms with Crippen molar-refractivity contribution in [2.75, 3.05) is 12.9 Å². The molecule has 0 N–H and O–H groups in total. The van der Waals surface area contributed by atoms with Crippen molar-refractivity contribution in [2.45, 2.75) is 10.9 Å². The van der Waals surface area contributed by atoms with Gasteiger partial charge in [-0.05, 0) is 0 Å². The Morgan fingerprint density at radius 3 is 3.17 bits per heavy atom. The number of nitrogens with zero attached hydrogens (tertiary/aromatic N) is 2. The molecule has 3 nitrogen and oxygen atoms in total. The molecule has 0 amide bonds. The van der Waals surface area contributed by atoms with E-state index in [1.54, 1.807) is 18.9 Å². The predicted molar refractivity (Wildman–Crippen MR) is 53.9 cm³/mol. The van der Waals surface area contributed by atoms with Crippen molar-refractivity contribution in [1.82, 2.24) is 10.2 Å². The monoisotopic (exact) mass is 219 g/mol. The second kappa shape index (κ2) is 5.58. The van der Waals surface area contributed by atoms with Gasteiger partial charge in [-0.1, -0.05) is 35.3 Å². The summed E-state index contributed by atoms with van der Waals surface area (Å²) in [5, 5.41) is 11.4. The van der Waals surface area contributed by atoms with E-state index in [4.69, 9.17) is 4.74 Å². The van der Waals surface area contributed by atoms with E-state index in [0.717, 1.165) is 9.35 Å². The van der Waals surface area contributed by atoms with Gasteiger partial charge in [0, 0.05) is 18.2 Å². The van der Waals surface area contributed by atoms with Gasteiger partial charge in [0.2, 0.25) is 0 Å². The molecule has 1 aromatic heterocycles. The molecule has 0 aromatic carbocycles. The number of hydrogen-bond acceptors (Lipinski definition) is 6. The molecule has 1 aromatic rings. The average molecular weight is 219 g/mol. The molecule has 0 aliphatic rings. The zero-order valence-electron chi connectivity index (χ0n) is 6.44. The van der Waals surface area contributed by atoms with Crippen LogP contribution in [0.3, 0.4) is 0 Å². The summed E-state index contributed by atoms with van der Waals surface area (Å²) in [5.74, 6) is 0.678. The summed E-state index contributed by atoms with van der Waals surface area (Å²) < 4.78 is 5.82. The quantitative estimate of drug-likeness (QED) is 0.556. The number of thiocarbonyl (C=S) groups is 1. The normalized spacial score (nSPS) is 10.1. The van der Waals surface area contributed by atoms with Gasteiger partial charge in [0.25, 0.3) is 0 Å². The van der Waals surface area contributed by atoms with E-state index >= 15 is 0 Å². The second-order valence-electron chi connectivity index (χ2n) is 1.83. The molecule has 12 heavy (non-hydrogen) atoms. The summed E-state index contributed by atoms with van der Waals surface area (Å²) in [6, 6.07) is 0. The zero-order chi connectivity index (χ0) is 8.81. The smallest absolute Gasteiger partial charge is 0.174 e. The SMILES string of the molecule is COCc1nnc(SC[C]=S)s1. The number of hydrogen-bond donors (Lipinski definition) is 0. The Morgan fingerprint density at radius 1 is 1.67 bits per heavy atom. The van der Waals surface area contributed by atoms with Crippen LogP contribution in [0.15, 0.2) is 4.34 Å². The molecular formula is C6H7N2OS3. The van der Waals surface area contributed by atoms with Crippen LogP contribution in [0.1, 0.15) is 5.01 Å². The first-order chi connectivity index (χ1) is 5.86. The van der Waals surface area contributed by atoms with Crippen LogP contribution in [-0.2, 0) is 11.3 Å². The molecule has 1 rings (SSSR count). The molecule has 0 fully saturated rings. The molecule has 0 aliphatic carbocycles. The molecule has 0 unspecified atom stereocenters. The van der Waals surface area contributed by atoms with Crippen LogP contribution in [0.2, 0.25) is 0 Å². The van der Waals surface area contributed by atoms with Gasteiger partial charge in [-0.15, -0.1) is 10.2 Å². The number of ether oxygens (including phenoxy) is 1. The van der Waals surface area contributed by atoms with Gasteiger partial charge < -0.3 is 4.74 Å². The number of thioether (sulfide) groups is 1. The average Bonchev–Trinajstić information content (AvgIpc) is 2.50. The highest BCUT2D eigenvalue weighted by molar-refractivity contribution is 8.02. The molecule has 1 radical (unpaired) electrons. The van der Waals surface area contributed by atoms with Crippen LogP contribution in [0.4, 0.5) is 0 Å². The summed E-state index contributed by atoms with van der Waals surface area (Å²) >= 11 is 7.64. The van der Waals surface area contributed by atoms with E-state index in [1.807, 2.05) is 0 Å². The Bertz CT molecular complexity index is 251. The third kappa shape index (κ3) is 3.14. The van der Waals surface area contributed by atoms with Gasteiger partial charge in [0.05, 0.1) is 6.61 Å². The highest BCUT2D eigenvalue weighted by Crippen LogP contribution is 2.21. The number of rotatable bonds is 5. The molecule has 65 valence electrons. The van der Waals surface area contributed by atoms with E-state index in [2.05, 4.69) is 27.8 Å². The van der Waals surface area contributed by atoms with E-state index in [-0.39, 0.29) is 0 Å². The molecule has 0 bridgehead atoms. The summed E-state index contributed by atoms with van der Waals surface area (Å²) in [7, 11) is 1.64. The molecule has 0 spiro atoms. The fourth-order valence-electron chi connectivity index (χ4n) is 0.570. The third-order valence-electron chi connectivity index (χ3n) is 0.971. The lowest BCUT2D eigenvalue weighted by molar-refractivity contribution is 0.184. The Kier molecular flexibility index (Phi) is 4.67. The largest absolute Gasteiger partial charge is 0.377 e. The van der Waals surface area contributed by atoms with E-state index in [0.29, 0.717) is 12.4 Å². The Balaban J connectivity index is 2.46. The van der Waals surface area contributed by atoms with Crippen LogP contribution in [0.25, 0.3) is 0 Å². The number of methoxy groups -OCH3 is 1. The fraction of sp³-hybridized carbons (Fsp3) is 0.500. The first-order valence-electron chi connectivity index (χ1n) is 3.16. The minimum atomic E-state index is 0.527. The molecule has 0 saturated carbocycles. The van der Waals surface area contributed by atoms with Gasteiger partial charge in [0.1, 0.15) is 5.01 Å². The van der Waals surface area contributed by atoms with E-state index in [1.165, 1.54) is 11.3 Å². The standard InChI is InChI=1S/C6H7N2OS3/c1-9-4-5-7-8-6(12-5)11-3-2-10/h3-4H2,1H3. The Morgan fingerprint density at radius 2 is 2.50 bits per heavy atom. The highest BCUT2D eigenvalue weighted by atomic mass is 32.2.